The number of hydrogen-bond donors (Lipinski definition) is 0. The standard InChI is InChI=1S/C15H30Si3/c1-7-17(3,4)13-14-18(5,6)16(2)15-11-9-8-10-12-15/h8-12,16H,7,13-14H2,1-6H3. The molecule has 1 unspecified atom stereocenters. The molecule has 0 aromatic heterocycles. The van der Waals surface area contributed by atoms with Gasteiger partial charge in [0.15, 0.2) is 0 Å². The fourth-order valence-corrected chi connectivity index (χ4v) is 15.9. The summed E-state index contributed by atoms with van der Waals surface area (Å²) in [5.41, 5.74) is 0. The molecule has 102 valence electrons. The van der Waals surface area contributed by atoms with Crippen molar-refractivity contribution >= 4 is 29.2 Å². The Kier molecular flexibility index (Phi) is 5.62. The summed E-state index contributed by atoms with van der Waals surface area (Å²) < 4.78 is 0. The molecule has 0 amide bonds. The predicted octanol–water partition coefficient (Wildman–Crippen LogP) is 4.27. The third-order valence-corrected chi connectivity index (χ3v) is 23.1. The highest BCUT2D eigenvalue weighted by Gasteiger charge is 2.32. The van der Waals surface area contributed by atoms with E-state index in [9.17, 15) is 0 Å². The van der Waals surface area contributed by atoms with Crippen LogP contribution in [0.5, 0.6) is 0 Å². The Labute approximate surface area is 117 Å². The van der Waals surface area contributed by atoms with Crippen molar-refractivity contribution in [2.24, 2.45) is 0 Å². The van der Waals surface area contributed by atoms with E-state index in [4.69, 9.17) is 0 Å². The average Bonchev–Trinajstić information content (AvgIpc) is 2.37. The summed E-state index contributed by atoms with van der Waals surface area (Å²) in [4.78, 5) is 0. The summed E-state index contributed by atoms with van der Waals surface area (Å²) in [5.74, 6) is 0. The third-order valence-electron chi connectivity index (χ3n) is 4.88. The molecule has 0 saturated carbocycles. The summed E-state index contributed by atoms with van der Waals surface area (Å²) >= 11 is 0. The zero-order chi connectivity index (χ0) is 13.8. The van der Waals surface area contributed by atoms with Crippen LogP contribution >= 0.6 is 0 Å². The van der Waals surface area contributed by atoms with Crippen LogP contribution in [0.1, 0.15) is 6.92 Å². The van der Waals surface area contributed by atoms with E-state index < -0.39 is 24.0 Å². The zero-order valence-electron chi connectivity index (χ0n) is 13.1. The average molecular weight is 295 g/mol. The minimum absolute atomic E-state index is 0.709. The molecule has 0 aliphatic carbocycles. The molecule has 0 fully saturated rings. The van der Waals surface area contributed by atoms with Crippen molar-refractivity contribution < 1.29 is 0 Å². The van der Waals surface area contributed by atoms with Gasteiger partial charge in [0.25, 0.3) is 0 Å². The van der Waals surface area contributed by atoms with E-state index in [1.807, 2.05) is 0 Å². The van der Waals surface area contributed by atoms with Gasteiger partial charge in [0.2, 0.25) is 0 Å². The van der Waals surface area contributed by atoms with Crippen molar-refractivity contribution in [2.45, 2.75) is 57.8 Å². The SMILES string of the molecule is CC[Si](C)(C)CC[Si](C)(C)[SiH](C)c1ccccc1. The maximum atomic E-state index is 2.64. The Hall–Kier alpha value is -0.129. The van der Waals surface area contributed by atoms with Crippen molar-refractivity contribution in [2.75, 3.05) is 0 Å². The van der Waals surface area contributed by atoms with Gasteiger partial charge in [-0.2, -0.15) is 0 Å². The molecule has 0 saturated heterocycles. The first-order valence-electron chi connectivity index (χ1n) is 7.33. The van der Waals surface area contributed by atoms with Crippen molar-refractivity contribution in [3.05, 3.63) is 30.3 Å². The first kappa shape index (κ1) is 15.9. The highest BCUT2D eigenvalue weighted by atomic mass is 29.2. The Morgan fingerprint density at radius 3 is 2.00 bits per heavy atom. The molecule has 0 N–H and O–H groups in total. The second kappa shape index (κ2) is 6.35. The lowest BCUT2D eigenvalue weighted by atomic mass is 10.4. The van der Waals surface area contributed by atoms with E-state index >= 15 is 0 Å². The molecule has 1 atom stereocenters. The summed E-state index contributed by atoms with van der Waals surface area (Å²) in [6, 6.07) is 15.9. The van der Waals surface area contributed by atoms with Crippen molar-refractivity contribution in [1.29, 1.82) is 0 Å². The van der Waals surface area contributed by atoms with Gasteiger partial charge in [0.05, 0.1) is 8.31 Å². The predicted molar refractivity (Wildman–Crippen MR) is 94.1 cm³/mol. The molecule has 1 aromatic carbocycles. The maximum Gasteiger partial charge on any atom is 0.0617 e. The zero-order valence-corrected chi connectivity index (χ0v) is 16.2. The van der Waals surface area contributed by atoms with Crippen molar-refractivity contribution in [1.82, 2.24) is 0 Å². The van der Waals surface area contributed by atoms with E-state index in [2.05, 4.69) is 70.0 Å². The third kappa shape index (κ3) is 4.52. The van der Waals surface area contributed by atoms with E-state index in [-0.39, 0.29) is 0 Å². The van der Waals surface area contributed by atoms with Gasteiger partial charge in [-0.05, 0) is 0 Å². The molecule has 0 aliphatic rings. The van der Waals surface area contributed by atoms with Gasteiger partial charge in [-0.3, -0.25) is 0 Å². The lowest BCUT2D eigenvalue weighted by molar-refractivity contribution is 1.22. The van der Waals surface area contributed by atoms with Gasteiger partial charge in [-0.15, -0.1) is 0 Å². The number of rotatable bonds is 6. The Balaban J connectivity index is 2.69. The minimum atomic E-state index is -1.000. The molecule has 0 spiro atoms. The lowest BCUT2D eigenvalue weighted by Gasteiger charge is -2.32. The van der Waals surface area contributed by atoms with E-state index in [0.29, 0.717) is 0 Å². The van der Waals surface area contributed by atoms with Crippen LogP contribution in [0.25, 0.3) is 0 Å². The van der Waals surface area contributed by atoms with Gasteiger partial charge >= 0.3 is 0 Å². The molecule has 0 heterocycles. The summed E-state index contributed by atoms with van der Waals surface area (Å²) in [7, 11) is -2.59. The molecular weight excluding hydrogens is 264 g/mol. The van der Waals surface area contributed by atoms with Crippen molar-refractivity contribution in [3.63, 3.8) is 0 Å². The Bertz CT molecular complexity index is 357. The molecule has 18 heavy (non-hydrogen) atoms. The van der Waals surface area contributed by atoms with Crippen LogP contribution in [0.2, 0.25) is 50.9 Å². The molecule has 0 radical (unpaired) electrons. The quantitative estimate of drug-likeness (QED) is 0.688. The highest BCUT2D eigenvalue weighted by Crippen LogP contribution is 2.24. The molecule has 0 nitrogen and oxygen atoms in total. The second-order valence-electron chi connectivity index (χ2n) is 7.14. The lowest BCUT2D eigenvalue weighted by Crippen LogP contribution is -2.52. The molecule has 3 heteroatoms. The molecule has 0 aliphatic heterocycles. The van der Waals surface area contributed by atoms with Gasteiger partial charge in [-0.1, -0.05) is 93.3 Å². The normalized spacial score (nSPS) is 14.6. The largest absolute Gasteiger partial charge is 0.0712 e. The van der Waals surface area contributed by atoms with Crippen LogP contribution in [0, 0.1) is 0 Å². The Morgan fingerprint density at radius 1 is 0.944 bits per heavy atom. The van der Waals surface area contributed by atoms with Crippen LogP contribution in [-0.2, 0) is 0 Å². The summed E-state index contributed by atoms with van der Waals surface area (Å²) in [6.07, 6.45) is 0. The van der Waals surface area contributed by atoms with E-state index in [1.54, 1.807) is 17.3 Å². The topological polar surface area (TPSA) is 0 Å². The fraction of sp³-hybridized carbons (Fsp3) is 0.600. The summed E-state index contributed by atoms with van der Waals surface area (Å²) in [5, 5.41) is 1.69. The maximum absolute atomic E-state index is 2.64. The van der Waals surface area contributed by atoms with E-state index in [0.717, 1.165) is 0 Å². The van der Waals surface area contributed by atoms with E-state index in [1.165, 1.54) is 6.04 Å². The summed E-state index contributed by atoms with van der Waals surface area (Å²) in [6.45, 7) is 15.4. The van der Waals surface area contributed by atoms with Crippen LogP contribution in [-0.4, -0.2) is 24.0 Å². The Morgan fingerprint density at radius 2 is 1.50 bits per heavy atom. The first-order valence-corrected chi connectivity index (χ1v) is 17.5. The van der Waals surface area contributed by atoms with Crippen LogP contribution in [0.3, 0.4) is 0 Å². The van der Waals surface area contributed by atoms with Gasteiger partial charge in [0, 0.05) is 15.7 Å². The number of hydrogen-bond acceptors (Lipinski definition) is 0. The monoisotopic (exact) mass is 294 g/mol. The molecule has 1 rings (SSSR count). The van der Waals surface area contributed by atoms with Crippen LogP contribution in [0.4, 0.5) is 0 Å². The smallest absolute Gasteiger partial charge is 0.0617 e. The molecule has 0 bridgehead atoms. The molecule has 1 aromatic rings. The van der Waals surface area contributed by atoms with Crippen LogP contribution < -0.4 is 5.19 Å². The second-order valence-corrected chi connectivity index (χ2v) is 26.5. The number of benzene rings is 1. The van der Waals surface area contributed by atoms with Gasteiger partial charge in [0.1, 0.15) is 0 Å². The molecular formula is C15H30Si3. The van der Waals surface area contributed by atoms with Gasteiger partial charge in [-0.25, -0.2) is 0 Å². The van der Waals surface area contributed by atoms with Crippen molar-refractivity contribution in [3.8, 4) is 0 Å². The van der Waals surface area contributed by atoms with Gasteiger partial charge < -0.3 is 0 Å². The fourth-order valence-electron chi connectivity index (χ4n) is 2.25. The minimum Gasteiger partial charge on any atom is -0.0712 e. The highest BCUT2D eigenvalue weighted by molar-refractivity contribution is 7.36. The van der Waals surface area contributed by atoms with Crippen LogP contribution in [0.15, 0.2) is 30.3 Å². The first-order chi connectivity index (χ1) is 8.28.